The van der Waals surface area contributed by atoms with E-state index in [2.05, 4.69) is 49.0 Å². The standard InChI is InChI=1S/C18H19N5S/c1-14-19-8-7-17(21-14)22-9-11-23(12-10-22)18-20-13-16(24-18)15-5-3-2-4-6-15/h2-8,13H,9-12H2,1H3. The molecule has 0 N–H and O–H groups in total. The zero-order valence-corrected chi connectivity index (χ0v) is 14.4. The quantitative estimate of drug-likeness (QED) is 0.734. The molecule has 4 rings (SSSR count). The maximum atomic E-state index is 4.63. The van der Waals surface area contributed by atoms with E-state index in [1.807, 2.05) is 31.5 Å². The molecule has 6 heteroatoms. The number of rotatable bonds is 3. The lowest BCUT2D eigenvalue weighted by Gasteiger charge is -2.35. The summed E-state index contributed by atoms with van der Waals surface area (Å²) >= 11 is 1.76. The Morgan fingerprint density at radius 1 is 0.917 bits per heavy atom. The van der Waals surface area contributed by atoms with Gasteiger partial charge in [0.15, 0.2) is 5.13 Å². The summed E-state index contributed by atoms with van der Waals surface area (Å²) in [7, 11) is 0. The largest absolute Gasteiger partial charge is 0.353 e. The fourth-order valence-corrected chi connectivity index (χ4v) is 3.87. The second-order valence-electron chi connectivity index (χ2n) is 5.81. The molecule has 1 aliphatic rings. The van der Waals surface area contributed by atoms with Crippen molar-refractivity contribution >= 4 is 22.3 Å². The van der Waals surface area contributed by atoms with Crippen molar-refractivity contribution < 1.29 is 0 Å². The Labute approximate surface area is 145 Å². The molecule has 0 unspecified atom stereocenters. The Morgan fingerprint density at radius 3 is 2.42 bits per heavy atom. The number of benzene rings is 1. The third-order valence-electron chi connectivity index (χ3n) is 4.19. The van der Waals surface area contributed by atoms with Crippen molar-refractivity contribution in [1.82, 2.24) is 15.0 Å². The Kier molecular flexibility index (Phi) is 4.13. The maximum absolute atomic E-state index is 4.63. The van der Waals surface area contributed by atoms with Crippen LogP contribution in [-0.4, -0.2) is 41.1 Å². The molecule has 0 atom stereocenters. The fraction of sp³-hybridized carbons (Fsp3) is 0.278. The number of aryl methyl sites for hydroxylation is 1. The molecule has 0 amide bonds. The van der Waals surface area contributed by atoms with E-state index in [1.165, 1.54) is 10.4 Å². The van der Waals surface area contributed by atoms with Crippen molar-refractivity contribution in [2.75, 3.05) is 36.0 Å². The number of anilines is 2. The number of thiazole rings is 1. The minimum Gasteiger partial charge on any atom is -0.353 e. The van der Waals surface area contributed by atoms with Crippen molar-refractivity contribution in [3.63, 3.8) is 0 Å². The van der Waals surface area contributed by atoms with Gasteiger partial charge >= 0.3 is 0 Å². The van der Waals surface area contributed by atoms with Crippen LogP contribution in [0.3, 0.4) is 0 Å². The molecule has 122 valence electrons. The van der Waals surface area contributed by atoms with Crippen LogP contribution in [0, 0.1) is 6.92 Å². The van der Waals surface area contributed by atoms with Crippen LogP contribution in [0.15, 0.2) is 48.8 Å². The van der Waals surface area contributed by atoms with Gasteiger partial charge in [0.1, 0.15) is 11.6 Å². The van der Waals surface area contributed by atoms with E-state index in [9.17, 15) is 0 Å². The summed E-state index contributed by atoms with van der Waals surface area (Å²) in [4.78, 5) is 19.2. The summed E-state index contributed by atoms with van der Waals surface area (Å²) in [6.07, 6.45) is 3.81. The zero-order valence-electron chi connectivity index (χ0n) is 13.6. The van der Waals surface area contributed by atoms with E-state index in [0.29, 0.717) is 0 Å². The lowest BCUT2D eigenvalue weighted by atomic mass is 10.2. The normalized spacial score (nSPS) is 14.9. The summed E-state index contributed by atoms with van der Waals surface area (Å²) in [6, 6.07) is 12.4. The van der Waals surface area contributed by atoms with Crippen LogP contribution in [0.1, 0.15) is 5.82 Å². The SMILES string of the molecule is Cc1nccc(N2CCN(c3ncc(-c4ccccc4)s3)CC2)n1. The third kappa shape index (κ3) is 3.10. The first-order chi connectivity index (χ1) is 11.8. The Bertz CT molecular complexity index is 809. The van der Waals surface area contributed by atoms with E-state index >= 15 is 0 Å². The minimum absolute atomic E-state index is 0.822. The molecule has 0 radical (unpaired) electrons. The number of nitrogens with zero attached hydrogens (tertiary/aromatic N) is 5. The zero-order chi connectivity index (χ0) is 16.4. The summed E-state index contributed by atoms with van der Waals surface area (Å²) in [6.45, 7) is 5.77. The summed E-state index contributed by atoms with van der Waals surface area (Å²) in [5, 5.41) is 1.10. The number of piperazine rings is 1. The van der Waals surface area contributed by atoms with Crippen LogP contribution >= 0.6 is 11.3 Å². The van der Waals surface area contributed by atoms with Crippen molar-refractivity contribution in [1.29, 1.82) is 0 Å². The molecule has 3 aromatic rings. The lowest BCUT2D eigenvalue weighted by Crippen LogP contribution is -2.46. The molecule has 0 saturated carbocycles. The van der Waals surface area contributed by atoms with Gasteiger partial charge in [0.25, 0.3) is 0 Å². The van der Waals surface area contributed by atoms with Crippen molar-refractivity contribution in [2.24, 2.45) is 0 Å². The predicted molar refractivity (Wildman–Crippen MR) is 98.7 cm³/mol. The lowest BCUT2D eigenvalue weighted by molar-refractivity contribution is 0.644. The topological polar surface area (TPSA) is 45.2 Å². The minimum atomic E-state index is 0.822. The molecule has 3 heterocycles. The van der Waals surface area contributed by atoms with E-state index in [1.54, 1.807) is 11.3 Å². The van der Waals surface area contributed by atoms with Crippen molar-refractivity contribution in [3.8, 4) is 10.4 Å². The van der Waals surface area contributed by atoms with Crippen molar-refractivity contribution in [3.05, 3.63) is 54.6 Å². The van der Waals surface area contributed by atoms with Crippen LogP contribution in [0.25, 0.3) is 10.4 Å². The number of hydrogen-bond acceptors (Lipinski definition) is 6. The first kappa shape index (κ1) is 15.1. The number of hydrogen-bond donors (Lipinski definition) is 0. The molecule has 0 bridgehead atoms. The van der Waals surface area contributed by atoms with Gasteiger partial charge in [-0.2, -0.15) is 0 Å². The molecular weight excluding hydrogens is 318 g/mol. The molecule has 1 aliphatic heterocycles. The first-order valence-electron chi connectivity index (χ1n) is 8.10. The molecule has 1 aromatic carbocycles. The van der Waals surface area contributed by atoms with Gasteiger partial charge in [-0.3, -0.25) is 0 Å². The van der Waals surface area contributed by atoms with Gasteiger partial charge in [0.2, 0.25) is 0 Å². The molecule has 1 fully saturated rings. The second kappa shape index (κ2) is 6.57. The Balaban J connectivity index is 1.44. The molecule has 5 nitrogen and oxygen atoms in total. The Hall–Kier alpha value is -2.47. The molecule has 2 aromatic heterocycles. The summed E-state index contributed by atoms with van der Waals surface area (Å²) < 4.78 is 0. The number of aromatic nitrogens is 3. The Morgan fingerprint density at radius 2 is 1.67 bits per heavy atom. The van der Waals surface area contributed by atoms with Gasteiger partial charge in [-0.05, 0) is 18.6 Å². The predicted octanol–water partition coefficient (Wildman–Crippen LogP) is 3.24. The fourth-order valence-electron chi connectivity index (χ4n) is 2.89. The van der Waals surface area contributed by atoms with Crippen LogP contribution in [-0.2, 0) is 0 Å². The highest BCUT2D eigenvalue weighted by Gasteiger charge is 2.20. The first-order valence-corrected chi connectivity index (χ1v) is 8.92. The molecule has 0 spiro atoms. The average molecular weight is 337 g/mol. The van der Waals surface area contributed by atoms with Crippen LogP contribution in [0.2, 0.25) is 0 Å². The van der Waals surface area contributed by atoms with E-state index in [-0.39, 0.29) is 0 Å². The third-order valence-corrected chi connectivity index (χ3v) is 5.29. The van der Waals surface area contributed by atoms with Gasteiger partial charge in [0, 0.05) is 38.6 Å². The average Bonchev–Trinajstić information content (AvgIpc) is 3.13. The van der Waals surface area contributed by atoms with E-state index < -0.39 is 0 Å². The van der Waals surface area contributed by atoms with Gasteiger partial charge in [-0.15, -0.1) is 0 Å². The maximum Gasteiger partial charge on any atom is 0.185 e. The molecule has 0 aliphatic carbocycles. The van der Waals surface area contributed by atoms with E-state index in [4.69, 9.17) is 0 Å². The van der Waals surface area contributed by atoms with Gasteiger partial charge in [-0.1, -0.05) is 41.7 Å². The van der Waals surface area contributed by atoms with Crippen LogP contribution in [0.5, 0.6) is 0 Å². The smallest absolute Gasteiger partial charge is 0.185 e. The van der Waals surface area contributed by atoms with Crippen LogP contribution in [0.4, 0.5) is 10.9 Å². The molecule has 24 heavy (non-hydrogen) atoms. The monoisotopic (exact) mass is 337 g/mol. The molecule has 1 saturated heterocycles. The van der Waals surface area contributed by atoms with Crippen molar-refractivity contribution in [2.45, 2.75) is 6.92 Å². The van der Waals surface area contributed by atoms with E-state index in [0.717, 1.165) is 43.0 Å². The van der Waals surface area contributed by atoms with Gasteiger partial charge in [0.05, 0.1) is 4.88 Å². The molecular formula is C18H19N5S. The highest BCUT2D eigenvalue weighted by Crippen LogP contribution is 2.31. The highest BCUT2D eigenvalue weighted by molar-refractivity contribution is 7.18. The summed E-state index contributed by atoms with van der Waals surface area (Å²) in [5.74, 6) is 1.84. The highest BCUT2D eigenvalue weighted by atomic mass is 32.1. The second-order valence-corrected chi connectivity index (χ2v) is 6.82. The van der Waals surface area contributed by atoms with Gasteiger partial charge in [-0.25, -0.2) is 15.0 Å². The van der Waals surface area contributed by atoms with Gasteiger partial charge < -0.3 is 9.80 Å². The van der Waals surface area contributed by atoms with Crippen LogP contribution < -0.4 is 9.80 Å². The summed E-state index contributed by atoms with van der Waals surface area (Å²) in [5.41, 5.74) is 1.23.